The van der Waals surface area contributed by atoms with Gasteiger partial charge < -0.3 is 5.32 Å². The molecule has 0 unspecified atom stereocenters. The van der Waals surface area contributed by atoms with E-state index < -0.39 is 10.0 Å². The summed E-state index contributed by atoms with van der Waals surface area (Å²) in [6, 6.07) is 14.3. The molecule has 0 atom stereocenters. The number of anilines is 1. The monoisotopic (exact) mass is 398 g/mol. The average molecular weight is 398 g/mol. The largest absolute Gasteiger partial charge is 0.351 e. The standard InChI is InChI=1S/C18H18N6O3S/c25-18(15-6-2-4-8-17(15)23-13-20-21-22-23)19-10-12-28(26,27)24-11-9-14-5-1-3-7-16(14)24/h1-8,13H,9-12H2,(H,19,25). The summed E-state index contributed by atoms with van der Waals surface area (Å²) in [7, 11) is -3.52. The van der Waals surface area contributed by atoms with Gasteiger partial charge >= 0.3 is 0 Å². The molecule has 0 spiro atoms. The lowest BCUT2D eigenvalue weighted by molar-refractivity contribution is 0.0956. The minimum Gasteiger partial charge on any atom is -0.351 e. The van der Waals surface area contributed by atoms with Gasteiger partial charge in [-0.25, -0.2) is 8.42 Å². The maximum Gasteiger partial charge on any atom is 0.253 e. The Kier molecular flexibility index (Phi) is 4.78. The smallest absolute Gasteiger partial charge is 0.253 e. The maximum absolute atomic E-state index is 12.7. The third-order valence-corrected chi connectivity index (χ3v) is 6.34. The molecule has 0 aliphatic carbocycles. The summed E-state index contributed by atoms with van der Waals surface area (Å²) in [5.41, 5.74) is 2.61. The van der Waals surface area contributed by atoms with Crippen LogP contribution in [0.25, 0.3) is 5.69 Å². The molecule has 144 valence electrons. The minimum atomic E-state index is -3.52. The molecule has 1 N–H and O–H groups in total. The zero-order valence-electron chi connectivity index (χ0n) is 14.9. The molecule has 4 rings (SSSR count). The number of hydrogen-bond acceptors (Lipinski definition) is 6. The minimum absolute atomic E-state index is 0.00375. The summed E-state index contributed by atoms with van der Waals surface area (Å²) < 4.78 is 28.2. The van der Waals surface area contributed by atoms with E-state index >= 15 is 0 Å². The van der Waals surface area contributed by atoms with Crippen molar-refractivity contribution >= 4 is 21.6 Å². The van der Waals surface area contributed by atoms with Gasteiger partial charge in [0.25, 0.3) is 5.91 Å². The van der Waals surface area contributed by atoms with Crippen molar-refractivity contribution < 1.29 is 13.2 Å². The number of nitrogens with one attached hydrogen (secondary N) is 1. The molecule has 0 bridgehead atoms. The first-order valence-corrected chi connectivity index (χ1v) is 10.4. The van der Waals surface area contributed by atoms with E-state index in [1.165, 1.54) is 15.3 Å². The van der Waals surface area contributed by atoms with Gasteiger partial charge in [-0.05, 0) is 40.6 Å². The molecule has 9 nitrogen and oxygen atoms in total. The fraction of sp³-hybridized carbons (Fsp3) is 0.222. The van der Waals surface area contributed by atoms with Crippen LogP contribution in [0.15, 0.2) is 54.9 Å². The highest BCUT2D eigenvalue weighted by molar-refractivity contribution is 7.92. The highest BCUT2D eigenvalue weighted by Gasteiger charge is 2.28. The Morgan fingerprint density at radius 1 is 1.07 bits per heavy atom. The van der Waals surface area contributed by atoms with Gasteiger partial charge in [-0.15, -0.1) is 5.10 Å². The summed E-state index contributed by atoms with van der Waals surface area (Å²) in [6.45, 7) is 0.432. The van der Waals surface area contributed by atoms with E-state index in [1.807, 2.05) is 18.2 Å². The number of rotatable bonds is 6. The number of tetrazole rings is 1. The normalized spacial score (nSPS) is 13.4. The van der Waals surface area contributed by atoms with E-state index in [0.717, 1.165) is 11.3 Å². The van der Waals surface area contributed by atoms with Crippen LogP contribution in [-0.4, -0.2) is 53.4 Å². The van der Waals surface area contributed by atoms with E-state index in [9.17, 15) is 13.2 Å². The Bertz CT molecular complexity index is 1100. The van der Waals surface area contributed by atoms with Crippen molar-refractivity contribution in [3.05, 3.63) is 66.0 Å². The highest BCUT2D eigenvalue weighted by atomic mass is 32.2. The van der Waals surface area contributed by atoms with E-state index in [4.69, 9.17) is 0 Å². The first-order valence-electron chi connectivity index (χ1n) is 8.75. The molecule has 1 amide bonds. The Morgan fingerprint density at radius 3 is 2.61 bits per heavy atom. The highest BCUT2D eigenvalue weighted by Crippen LogP contribution is 2.29. The second-order valence-electron chi connectivity index (χ2n) is 6.29. The molecule has 0 saturated heterocycles. The molecule has 3 aromatic rings. The van der Waals surface area contributed by atoms with Crippen LogP contribution in [0.3, 0.4) is 0 Å². The molecule has 2 heterocycles. The summed E-state index contributed by atoms with van der Waals surface area (Å²) in [4.78, 5) is 12.6. The summed E-state index contributed by atoms with van der Waals surface area (Å²) in [5, 5.41) is 13.6. The van der Waals surface area contributed by atoms with Crippen molar-refractivity contribution in [1.82, 2.24) is 25.5 Å². The number of aromatic nitrogens is 4. The number of carbonyl (C=O) groups is 1. The van der Waals surface area contributed by atoms with Crippen molar-refractivity contribution in [1.29, 1.82) is 0 Å². The molecule has 1 aromatic heterocycles. The van der Waals surface area contributed by atoms with Crippen LogP contribution >= 0.6 is 0 Å². The zero-order chi connectivity index (χ0) is 19.6. The van der Waals surface area contributed by atoms with Crippen molar-refractivity contribution in [2.24, 2.45) is 0 Å². The molecule has 0 saturated carbocycles. The predicted octanol–water partition coefficient (Wildman–Crippen LogP) is 0.785. The number of carbonyl (C=O) groups excluding carboxylic acids is 1. The molecule has 0 fully saturated rings. The second kappa shape index (κ2) is 7.39. The molecule has 1 aliphatic rings. The predicted molar refractivity (Wildman–Crippen MR) is 103 cm³/mol. The molecule has 28 heavy (non-hydrogen) atoms. The molecule has 0 radical (unpaired) electrons. The Morgan fingerprint density at radius 2 is 1.82 bits per heavy atom. The summed E-state index contributed by atoms with van der Waals surface area (Å²) in [5.74, 6) is -0.566. The molecular formula is C18H18N6O3S. The first-order chi connectivity index (χ1) is 13.6. The SMILES string of the molecule is O=C(NCCS(=O)(=O)N1CCc2ccccc21)c1ccccc1-n1cnnn1. The number of fused-ring (bicyclic) bond motifs is 1. The number of amides is 1. The van der Waals surface area contributed by atoms with Crippen LogP contribution in [0.1, 0.15) is 15.9 Å². The van der Waals surface area contributed by atoms with Crippen LogP contribution in [0.5, 0.6) is 0 Å². The van der Waals surface area contributed by atoms with Crippen LogP contribution < -0.4 is 9.62 Å². The zero-order valence-corrected chi connectivity index (χ0v) is 15.7. The van der Waals surface area contributed by atoms with Crippen molar-refractivity contribution in [2.75, 3.05) is 23.1 Å². The van der Waals surface area contributed by atoms with Crippen molar-refractivity contribution in [2.45, 2.75) is 6.42 Å². The van der Waals surface area contributed by atoms with Crippen LogP contribution in [-0.2, 0) is 16.4 Å². The van der Waals surface area contributed by atoms with E-state index in [2.05, 4.69) is 20.8 Å². The van der Waals surface area contributed by atoms with E-state index in [-0.39, 0.29) is 18.2 Å². The van der Waals surface area contributed by atoms with Crippen LogP contribution in [0.4, 0.5) is 5.69 Å². The van der Waals surface area contributed by atoms with Gasteiger partial charge in [-0.3, -0.25) is 9.10 Å². The lowest BCUT2D eigenvalue weighted by atomic mass is 10.1. The third kappa shape index (κ3) is 3.46. The second-order valence-corrected chi connectivity index (χ2v) is 8.31. The van der Waals surface area contributed by atoms with E-state index in [0.29, 0.717) is 24.2 Å². The Balaban J connectivity index is 1.43. The number of sulfonamides is 1. The van der Waals surface area contributed by atoms with Gasteiger partial charge in [0.1, 0.15) is 6.33 Å². The molecule has 10 heteroatoms. The summed E-state index contributed by atoms with van der Waals surface area (Å²) in [6.07, 6.45) is 2.09. The third-order valence-electron chi connectivity index (χ3n) is 4.57. The van der Waals surface area contributed by atoms with Gasteiger partial charge in [-0.2, -0.15) is 4.68 Å². The van der Waals surface area contributed by atoms with Crippen molar-refractivity contribution in [3.8, 4) is 5.69 Å². The topological polar surface area (TPSA) is 110 Å². The lowest BCUT2D eigenvalue weighted by Crippen LogP contribution is -2.37. The van der Waals surface area contributed by atoms with Gasteiger partial charge in [0.05, 0.1) is 22.7 Å². The summed E-state index contributed by atoms with van der Waals surface area (Å²) >= 11 is 0. The maximum atomic E-state index is 12.7. The van der Waals surface area contributed by atoms with Crippen LogP contribution in [0, 0.1) is 0 Å². The number of hydrogen-bond donors (Lipinski definition) is 1. The molecule has 2 aromatic carbocycles. The Hall–Kier alpha value is -3.27. The van der Waals surface area contributed by atoms with Crippen LogP contribution in [0.2, 0.25) is 0 Å². The number of nitrogens with zero attached hydrogens (tertiary/aromatic N) is 5. The number of para-hydroxylation sites is 2. The van der Waals surface area contributed by atoms with E-state index in [1.54, 1.807) is 30.3 Å². The molecular weight excluding hydrogens is 380 g/mol. The van der Waals surface area contributed by atoms with Crippen molar-refractivity contribution in [3.63, 3.8) is 0 Å². The van der Waals surface area contributed by atoms with Gasteiger partial charge in [0.2, 0.25) is 10.0 Å². The lowest BCUT2D eigenvalue weighted by Gasteiger charge is -2.19. The van der Waals surface area contributed by atoms with Gasteiger partial charge in [-0.1, -0.05) is 30.3 Å². The molecule has 1 aliphatic heterocycles. The van der Waals surface area contributed by atoms with Gasteiger partial charge in [0.15, 0.2) is 0 Å². The van der Waals surface area contributed by atoms with Gasteiger partial charge in [0, 0.05) is 13.1 Å². The average Bonchev–Trinajstić information content (AvgIpc) is 3.38. The number of benzene rings is 2. The first kappa shape index (κ1) is 18.1. The fourth-order valence-corrected chi connectivity index (χ4v) is 4.66. The Labute approximate surface area is 162 Å². The fourth-order valence-electron chi connectivity index (χ4n) is 3.23. The quantitative estimate of drug-likeness (QED) is 0.657.